The summed E-state index contributed by atoms with van der Waals surface area (Å²) in [4.78, 5) is 17.7. The lowest BCUT2D eigenvalue weighted by atomic mass is 10.1. The SMILES string of the molecule is CN(C(=O)CCc1ccccc1)c1ncccc1N. The highest BCUT2D eigenvalue weighted by molar-refractivity contribution is 5.94. The van der Waals surface area contributed by atoms with Gasteiger partial charge in [0.1, 0.15) is 0 Å². The van der Waals surface area contributed by atoms with Gasteiger partial charge >= 0.3 is 0 Å². The van der Waals surface area contributed by atoms with Gasteiger partial charge < -0.3 is 5.73 Å². The summed E-state index contributed by atoms with van der Waals surface area (Å²) in [6, 6.07) is 13.4. The van der Waals surface area contributed by atoms with E-state index in [-0.39, 0.29) is 5.91 Å². The molecule has 1 aromatic heterocycles. The summed E-state index contributed by atoms with van der Waals surface area (Å²) < 4.78 is 0. The molecule has 98 valence electrons. The number of nitrogens with zero attached hydrogens (tertiary/aromatic N) is 2. The van der Waals surface area contributed by atoms with Crippen molar-refractivity contribution in [3.05, 3.63) is 54.2 Å². The summed E-state index contributed by atoms with van der Waals surface area (Å²) in [5.74, 6) is 0.523. The van der Waals surface area contributed by atoms with Gasteiger partial charge in [0.25, 0.3) is 0 Å². The fraction of sp³-hybridized carbons (Fsp3) is 0.200. The summed E-state index contributed by atoms with van der Waals surface area (Å²) in [5, 5.41) is 0. The number of carbonyl (C=O) groups is 1. The van der Waals surface area contributed by atoms with E-state index in [4.69, 9.17) is 5.73 Å². The number of pyridine rings is 1. The third-order valence-electron chi connectivity index (χ3n) is 2.98. The molecular formula is C15H17N3O. The third kappa shape index (κ3) is 3.31. The molecule has 2 N–H and O–H groups in total. The smallest absolute Gasteiger partial charge is 0.228 e. The molecule has 19 heavy (non-hydrogen) atoms. The number of hydrogen-bond acceptors (Lipinski definition) is 3. The number of aromatic nitrogens is 1. The van der Waals surface area contributed by atoms with Gasteiger partial charge in [0.05, 0.1) is 5.69 Å². The minimum Gasteiger partial charge on any atom is -0.396 e. The van der Waals surface area contributed by atoms with Crippen molar-refractivity contribution in [3.8, 4) is 0 Å². The van der Waals surface area contributed by atoms with Gasteiger partial charge in [0.15, 0.2) is 5.82 Å². The Balaban J connectivity index is 1.99. The Bertz CT molecular complexity index is 554. The number of rotatable bonds is 4. The molecular weight excluding hydrogens is 238 g/mol. The molecule has 1 aromatic carbocycles. The topological polar surface area (TPSA) is 59.2 Å². The molecule has 4 heteroatoms. The lowest BCUT2D eigenvalue weighted by Gasteiger charge is -2.17. The monoisotopic (exact) mass is 255 g/mol. The molecule has 4 nitrogen and oxygen atoms in total. The van der Waals surface area contributed by atoms with Crippen molar-refractivity contribution in [1.82, 2.24) is 4.98 Å². The Morgan fingerprint density at radius 2 is 1.95 bits per heavy atom. The van der Waals surface area contributed by atoms with Gasteiger partial charge in [-0.05, 0) is 24.1 Å². The van der Waals surface area contributed by atoms with Crippen molar-refractivity contribution < 1.29 is 4.79 Å². The first-order valence-corrected chi connectivity index (χ1v) is 6.19. The summed E-state index contributed by atoms with van der Waals surface area (Å²) >= 11 is 0. The molecule has 0 atom stereocenters. The van der Waals surface area contributed by atoms with Crippen LogP contribution < -0.4 is 10.6 Å². The Hall–Kier alpha value is -2.36. The van der Waals surface area contributed by atoms with E-state index in [0.717, 1.165) is 12.0 Å². The number of amides is 1. The van der Waals surface area contributed by atoms with Crippen LogP contribution in [0.1, 0.15) is 12.0 Å². The van der Waals surface area contributed by atoms with Crippen LogP contribution in [-0.4, -0.2) is 17.9 Å². The molecule has 0 radical (unpaired) electrons. The molecule has 0 unspecified atom stereocenters. The Morgan fingerprint density at radius 1 is 1.21 bits per heavy atom. The van der Waals surface area contributed by atoms with Crippen molar-refractivity contribution in [2.75, 3.05) is 17.7 Å². The van der Waals surface area contributed by atoms with Crippen LogP contribution in [0.2, 0.25) is 0 Å². The van der Waals surface area contributed by atoms with Gasteiger partial charge in [-0.3, -0.25) is 9.69 Å². The van der Waals surface area contributed by atoms with Crippen LogP contribution in [0.4, 0.5) is 11.5 Å². The van der Waals surface area contributed by atoms with Gasteiger partial charge in [-0.1, -0.05) is 30.3 Å². The van der Waals surface area contributed by atoms with Crippen molar-refractivity contribution in [2.45, 2.75) is 12.8 Å². The molecule has 1 heterocycles. The number of carbonyl (C=O) groups excluding carboxylic acids is 1. The van der Waals surface area contributed by atoms with Crippen LogP contribution in [0, 0.1) is 0 Å². The van der Waals surface area contributed by atoms with Gasteiger partial charge in [-0.2, -0.15) is 0 Å². The van der Waals surface area contributed by atoms with Gasteiger partial charge in [0.2, 0.25) is 5.91 Å². The van der Waals surface area contributed by atoms with E-state index in [1.807, 2.05) is 30.3 Å². The lowest BCUT2D eigenvalue weighted by molar-refractivity contribution is -0.118. The number of aryl methyl sites for hydroxylation is 1. The highest BCUT2D eigenvalue weighted by Crippen LogP contribution is 2.18. The molecule has 2 aromatic rings. The predicted octanol–water partition coefficient (Wildman–Crippen LogP) is 2.26. The number of nitrogens with two attached hydrogens (primary N) is 1. The molecule has 1 amide bonds. The zero-order chi connectivity index (χ0) is 13.7. The summed E-state index contributed by atoms with van der Waals surface area (Å²) in [7, 11) is 1.70. The zero-order valence-electron chi connectivity index (χ0n) is 10.9. The highest BCUT2D eigenvalue weighted by Gasteiger charge is 2.14. The van der Waals surface area contributed by atoms with Crippen molar-refractivity contribution in [2.24, 2.45) is 0 Å². The van der Waals surface area contributed by atoms with Crippen molar-refractivity contribution >= 4 is 17.4 Å². The quantitative estimate of drug-likeness (QED) is 0.911. The largest absolute Gasteiger partial charge is 0.396 e. The molecule has 0 bridgehead atoms. The lowest BCUT2D eigenvalue weighted by Crippen LogP contribution is -2.28. The molecule has 0 aliphatic rings. The fourth-order valence-corrected chi connectivity index (χ4v) is 1.87. The van der Waals surface area contributed by atoms with Crippen LogP contribution in [0.25, 0.3) is 0 Å². The second-order valence-corrected chi connectivity index (χ2v) is 4.35. The first kappa shape index (κ1) is 13.1. The Labute approximate surface area is 112 Å². The molecule has 0 spiro atoms. The molecule has 0 saturated heterocycles. The van der Waals surface area contributed by atoms with Crippen LogP contribution >= 0.6 is 0 Å². The molecule has 0 fully saturated rings. The maximum atomic E-state index is 12.1. The van der Waals surface area contributed by atoms with Crippen molar-refractivity contribution in [3.63, 3.8) is 0 Å². The van der Waals surface area contributed by atoms with E-state index in [1.54, 1.807) is 25.4 Å². The van der Waals surface area contributed by atoms with Crippen molar-refractivity contribution in [1.29, 1.82) is 0 Å². The number of anilines is 2. The Kier molecular flexibility index (Phi) is 4.13. The maximum Gasteiger partial charge on any atom is 0.228 e. The second kappa shape index (κ2) is 6.00. The van der Waals surface area contributed by atoms with Crippen LogP contribution in [0.3, 0.4) is 0 Å². The van der Waals surface area contributed by atoms with E-state index in [9.17, 15) is 4.79 Å². The van der Waals surface area contributed by atoms with Crippen LogP contribution in [0.15, 0.2) is 48.7 Å². The number of benzene rings is 1. The zero-order valence-corrected chi connectivity index (χ0v) is 10.9. The van der Waals surface area contributed by atoms with Crippen LogP contribution in [0.5, 0.6) is 0 Å². The standard InChI is InChI=1S/C15H17N3O/c1-18(15-13(16)8-5-11-17-15)14(19)10-9-12-6-3-2-4-7-12/h2-8,11H,9-10,16H2,1H3. The van der Waals surface area contributed by atoms with Crippen LogP contribution in [-0.2, 0) is 11.2 Å². The minimum atomic E-state index is 0.00857. The number of hydrogen-bond donors (Lipinski definition) is 1. The van der Waals surface area contributed by atoms with E-state index >= 15 is 0 Å². The normalized spacial score (nSPS) is 10.2. The first-order valence-electron chi connectivity index (χ1n) is 6.19. The Morgan fingerprint density at radius 3 is 2.63 bits per heavy atom. The number of nitrogen functional groups attached to an aromatic ring is 1. The first-order chi connectivity index (χ1) is 9.18. The average Bonchev–Trinajstić information content (AvgIpc) is 2.45. The molecule has 2 rings (SSSR count). The maximum absolute atomic E-state index is 12.1. The third-order valence-corrected chi connectivity index (χ3v) is 2.98. The predicted molar refractivity (Wildman–Crippen MR) is 76.8 cm³/mol. The van der Waals surface area contributed by atoms with Gasteiger partial charge in [-0.15, -0.1) is 0 Å². The van der Waals surface area contributed by atoms with E-state index in [0.29, 0.717) is 17.9 Å². The minimum absolute atomic E-state index is 0.00857. The van der Waals surface area contributed by atoms with E-state index in [2.05, 4.69) is 4.98 Å². The van der Waals surface area contributed by atoms with E-state index in [1.165, 1.54) is 4.90 Å². The van der Waals surface area contributed by atoms with Gasteiger partial charge in [-0.25, -0.2) is 4.98 Å². The summed E-state index contributed by atoms with van der Waals surface area (Å²) in [6.45, 7) is 0. The molecule has 0 aliphatic carbocycles. The second-order valence-electron chi connectivity index (χ2n) is 4.35. The van der Waals surface area contributed by atoms with Gasteiger partial charge in [0, 0.05) is 19.7 Å². The fourth-order valence-electron chi connectivity index (χ4n) is 1.87. The van der Waals surface area contributed by atoms with E-state index < -0.39 is 0 Å². The highest BCUT2D eigenvalue weighted by atomic mass is 16.2. The summed E-state index contributed by atoms with van der Waals surface area (Å²) in [5.41, 5.74) is 7.47. The molecule has 0 saturated carbocycles. The molecule has 0 aliphatic heterocycles. The summed E-state index contributed by atoms with van der Waals surface area (Å²) in [6.07, 6.45) is 2.79. The average molecular weight is 255 g/mol.